The van der Waals surface area contributed by atoms with E-state index in [0.717, 1.165) is 11.4 Å². The molecule has 2 heterocycles. The highest BCUT2D eigenvalue weighted by atomic mass is 16.2. The average Bonchev–Trinajstić information content (AvgIpc) is 2.93. The summed E-state index contributed by atoms with van der Waals surface area (Å²) in [5.41, 5.74) is 2.27. The number of allylic oxidation sites excluding steroid dienone is 2. The number of nitrogens with one attached hydrogen (secondary N) is 1. The van der Waals surface area contributed by atoms with Crippen LogP contribution < -0.4 is 5.32 Å². The summed E-state index contributed by atoms with van der Waals surface area (Å²) in [5, 5.41) is 3.08. The smallest absolute Gasteiger partial charge is 0.224 e. The second-order valence-corrected chi connectivity index (χ2v) is 7.24. The van der Waals surface area contributed by atoms with Crippen molar-refractivity contribution in [3.63, 3.8) is 0 Å². The van der Waals surface area contributed by atoms with Crippen LogP contribution in [0.15, 0.2) is 48.7 Å². The fourth-order valence-corrected chi connectivity index (χ4v) is 3.33. The number of rotatable bonds is 5. The Morgan fingerprint density at radius 2 is 2.17 bits per heavy atom. The lowest BCUT2D eigenvalue weighted by Crippen LogP contribution is -2.27. The summed E-state index contributed by atoms with van der Waals surface area (Å²) in [6.45, 7) is 8.94. The number of nitrogens with zero attached hydrogens (tertiary/aromatic N) is 3. The van der Waals surface area contributed by atoms with Crippen molar-refractivity contribution in [2.75, 3.05) is 0 Å². The first-order chi connectivity index (χ1) is 11.4. The van der Waals surface area contributed by atoms with Crippen molar-refractivity contribution in [2.45, 2.75) is 34.2 Å². The molecule has 0 unspecified atom stereocenters. The summed E-state index contributed by atoms with van der Waals surface area (Å²) in [6, 6.07) is 3.86. The highest BCUT2D eigenvalue weighted by Gasteiger charge is 2.60. The second kappa shape index (κ2) is 6.23. The lowest BCUT2D eigenvalue weighted by atomic mass is 10.1. The number of imidazole rings is 1. The Bertz CT molecular complexity index is 757. The van der Waals surface area contributed by atoms with Gasteiger partial charge in [-0.05, 0) is 31.2 Å². The molecule has 2 aromatic rings. The monoisotopic (exact) mass is 324 g/mol. The van der Waals surface area contributed by atoms with E-state index in [9.17, 15) is 4.79 Å². The van der Waals surface area contributed by atoms with Gasteiger partial charge >= 0.3 is 0 Å². The highest BCUT2D eigenvalue weighted by Crippen LogP contribution is 2.59. The number of carbonyl (C=O) groups is 1. The molecule has 0 bridgehead atoms. The zero-order chi connectivity index (χ0) is 17.3. The molecule has 1 N–H and O–H groups in total. The van der Waals surface area contributed by atoms with Crippen LogP contribution in [0.5, 0.6) is 0 Å². The number of hydrogen-bond acceptors (Lipinski definition) is 3. The van der Waals surface area contributed by atoms with Crippen molar-refractivity contribution in [2.24, 2.45) is 17.3 Å². The predicted molar refractivity (Wildman–Crippen MR) is 93.4 cm³/mol. The molecule has 0 saturated heterocycles. The van der Waals surface area contributed by atoms with Crippen LogP contribution in [0, 0.1) is 17.3 Å². The molecule has 0 aliphatic heterocycles. The van der Waals surface area contributed by atoms with E-state index in [2.05, 4.69) is 49.1 Å². The zero-order valence-corrected chi connectivity index (χ0v) is 14.7. The molecule has 2 aromatic heterocycles. The van der Waals surface area contributed by atoms with Gasteiger partial charge < -0.3 is 5.32 Å². The number of amides is 1. The lowest BCUT2D eigenvalue weighted by molar-refractivity contribution is -0.123. The van der Waals surface area contributed by atoms with E-state index in [0.29, 0.717) is 12.5 Å². The van der Waals surface area contributed by atoms with Crippen LogP contribution in [-0.4, -0.2) is 20.4 Å². The van der Waals surface area contributed by atoms with Gasteiger partial charge in [0.05, 0.1) is 5.92 Å². The minimum absolute atomic E-state index is 0.0312. The Balaban J connectivity index is 1.69. The largest absolute Gasteiger partial charge is 0.352 e. The maximum atomic E-state index is 12.6. The van der Waals surface area contributed by atoms with Gasteiger partial charge in [-0.15, -0.1) is 0 Å². The van der Waals surface area contributed by atoms with Crippen molar-refractivity contribution in [1.82, 2.24) is 19.9 Å². The molecule has 3 rings (SSSR count). The summed E-state index contributed by atoms with van der Waals surface area (Å²) < 4.78 is 1.86. The van der Waals surface area contributed by atoms with Gasteiger partial charge in [0.15, 0.2) is 0 Å². The number of hydrogen-bond donors (Lipinski definition) is 1. The third kappa shape index (κ3) is 3.11. The third-order valence-corrected chi connectivity index (χ3v) is 4.78. The molecule has 0 radical (unpaired) electrons. The summed E-state index contributed by atoms with van der Waals surface area (Å²) >= 11 is 0. The second-order valence-electron chi connectivity index (χ2n) is 7.24. The molecule has 24 heavy (non-hydrogen) atoms. The molecule has 2 atom stereocenters. The topological polar surface area (TPSA) is 59.8 Å². The van der Waals surface area contributed by atoms with E-state index in [1.165, 1.54) is 5.57 Å². The third-order valence-electron chi connectivity index (χ3n) is 4.78. The van der Waals surface area contributed by atoms with E-state index < -0.39 is 0 Å². The Morgan fingerprint density at radius 3 is 2.83 bits per heavy atom. The fraction of sp³-hybridized carbons (Fsp3) is 0.421. The minimum Gasteiger partial charge on any atom is -0.352 e. The summed E-state index contributed by atoms with van der Waals surface area (Å²) in [4.78, 5) is 21.1. The van der Waals surface area contributed by atoms with Gasteiger partial charge in [0, 0.05) is 30.7 Å². The first-order valence-corrected chi connectivity index (χ1v) is 8.26. The summed E-state index contributed by atoms with van der Waals surface area (Å²) in [5.74, 6) is 1.28. The van der Waals surface area contributed by atoms with Gasteiger partial charge in [0.25, 0.3) is 0 Å². The number of pyridine rings is 1. The summed E-state index contributed by atoms with van der Waals surface area (Å²) in [6.07, 6.45) is 9.24. The Labute approximate surface area is 142 Å². The van der Waals surface area contributed by atoms with Crippen molar-refractivity contribution in [1.29, 1.82) is 0 Å². The van der Waals surface area contributed by atoms with Crippen molar-refractivity contribution < 1.29 is 4.79 Å². The van der Waals surface area contributed by atoms with Crippen LogP contribution in [0.25, 0.3) is 5.82 Å². The number of aromatic nitrogens is 3. The maximum absolute atomic E-state index is 12.6. The molecule has 1 aliphatic carbocycles. The molecule has 0 aromatic carbocycles. The molecular weight excluding hydrogens is 300 g/mol. The van der Waals surface area contributed by atoms with E-state index in [1.54, 1.807) is 18.7 Å². The van der Waals surface area contributed by atoms with E-state index >= 15 is 0 Å². The average molecular weight is 324 g/mol. The highest BCUT2D eigenvalue weighted by molar-refractivity contribution is 5.83. The van der Waals surface area contributed by atoms with Crippen LogP contribution in [0.1, 0.15) is 33.3 Å². The molecule has 5 heteroatoms. The molecular formula is C19H24N4O. The van der Waals surface area contributed by atoms with Crippen molar-refractivity contribution in [3.05, 3.63) is 54.3 Å². The fourth-order valence-electron chi connectivity index (χ4n) is 3.33. The molecule has 0 spiro atoms. The van der Waals surface area contributed by atoms with Crippen LogP contribution in [0.2, 0.25) is 0 Å². The van der Waals surface area contributed by atoms with Gasteiger partial charge in [0.1, 0.15) is 12.1 Å². The van der Waals surface area contributed by atoms with Gasteiger partial charge in [-0.1, -0.05) is 31.6 Å². The first kappa shape index (κ1) is 16.4. The van der Waals surface area contributed by atoms with E-state index in [-0.39, 0.29) is 17.2 Å². The van der Waals surface area contributed by atoms with Crippen molar-refractivity contribution in [3.8, 4) is 5.82 Å². The van der Waals surface area contributed by atoms with Gasteiger partial charge in [-0.3, -0.25) is 9.36 Å². The minimum atomic E-state index is 0.0312. The predicted octanol–water partition coefficient (Wildman–Crippen LogP) is 3.12. The maximum Gasteiger partial charge on any atom is 0.224 e. The Kier molecular flexibility index (Phi) is 4.26. The number of carbonyl (C=O) groups excluding carboxylic acids is 1. The molecule has 1 amide bonds. The normalized spacial score (nSPS) is 21.2. The van der Waals surface area contributed by atoms with Gasteiger partial charge in [-0.25, -0.2) is 9.97 Å². The lowest BCUT2D eigenvalue weighted by Gasteiger charge is -2.10. The zero-order valence-electron chi connectivity index (χ0n) is 14.7. The van der Waals surface area contributed by atoms with E-state index in [4.69, 9.17) is 0 Å². The van der Waals surface area contributed by atoms with Crippen LogP contribution in [-0.2, 0) is 11.3 Å². The SMILES string of the molecule is CC(C)=C[C@@H]1[C@H](C(=O)NCc2cccnc2-n2ccnc2)C1(C)C. The van der Waals surface area contributed by atoms with Crippen LogP contribution in [0.4, 0.5) is 0 Å². The molecule has 1 saturated carbocycles. The van der Waals surface area contributed by atoms with Crippen LogP contribution >= 0.6 is 0 Å². The van der Waals surface area contributed by atoms with Crippen LogP contribution in [0.3, 0.4) is 0 Å². The summed E-state index contributed by atoms with van der Waals surface area (Å²) in [7, 11) is 0. The molecule has 1 fully saturated rings. The van der Waals surface area contributed by atoms with Gasteiger partial charge in [-0.2, -0.15) is 0 Å². The Morgan fingerprint density at radius 1 is 1.38 bits per heavy atom. The molecule has 1 aliphatic rings. The van der Waals surface area contributed by atoms with Gasteiger partial charge in [0.2, 0.25) is 5.91 Å². The Hall–Kier alpha value is -2.43. The van der Waals surface area contributed by atoms with Crippen molar-refractivity contribution >= 4 is 5.91 Å². The quantitative estimate of drug-likeness (QED) is 0.860. The first-order valence-electron chi connectivity index (χ1n) is 8.26. The molecule has 126 valence electrons. The standard InChI is InChI=1S/C19H24N4O/c1-13(2)10-15-16(19(15,3)4)18(24)22-11-14-6-5-7-21-17(14)23-9-8-20-12-23/h5-10,12,15-16H,11H2,1-4H3,(H,22,24)/t15-,16-/m1/s1. The van der Waals surface area contributed by atoms with E-state index in [1.807, 2.05) is 22.9 Å². The molecule has 5 nitrogen and oxygen atoms in total.